The van der Waals surface area contributed by atoms with Gasteiger partial charge >= 0.3 is 5.97 Å². The van der Waals surface area contributed by atoms with Crippen LogP contribution in [0.4, 0.5) is 5.82 Å². The topological polar surface area (TPSA) is 89.6 Å². The van der Waals surface area contributed by atoms with Gasteiger partial charge in [0.1, 0.15) is 11.9 Å². The second kappa shape index (κ2) is 9.76. The van der Waals surface area contributed by atoms with Crippen molar-refractivity contribution in [3.05, 3.63) is 29.8 Å². The summed E-state index contributed by atoms with van der Waals surface area (Å²) in [5.41, 5.74) is 0.472. The first-order valence-electron chi connectivity index (χ1n) is 10.4. The van der Waals surface area contributed by atoms with E-state index in [0.29, 0.717) is 29.6 Å². The molecule has 3 heterocycles. The zero-order chi connectivity index (χ0) is 20.8. The van der Waals surface area contributed by atoms with E-state index in [0.717, 1.165) is 32.2 Å². The molecule has 4 atom stereocenters. The van der Waals surface area contributed by atoms with Crippen LogP contribution in [0.5, 0.6) is 5.88 Å². The number of hydrogen-bond acceptors (Lipinski definition) is 6. The highest BCUT2D eigenvalue weighted by molar-refractivity contribution is 5.95. The summed E-state index contributed by atoms with van der Waals surface area (Å²) in [5.74, 6) is 0.839. The molecule has 1 aromatic heterocycles. The number of fused-ring (bicyclic) bond motifs is 2. The van der Waals surface area contributed by atoms with Crippen LogP contribution in [0.3, 0.4) is 0 Å². The lowest BCUT2D eigenvalue weighted by atomic mass is 9.91. The Kier molecular flexibility index (Phi) is 7.12. The zero-order valence-electron chi connectivity index (χ0n) is 17.4. The zero-order valence-corrected chi connectivity index (χ0v) is 17.4. The highest BCUT2D eigenvalue weighted by Gasteiger charge is 2.37. The number of esters is 1. The van der Waals surface area contributed by atoms with Gasteiger partial charge in [0, 0.05) is 18.2 Å². The molecule has 0 radical (unpaired) electrons. The van der Waals surface area contributed by atoms with Crippen LogP contribution in [0, 0.1) is 11.8 Å². The molecule has 29 heavy (non-hydrogen) atoms. The number of methoxy groups -OCH3 is 1. The highest BCUT2D eigenvalue weighted by Crippen LogP contribution is 2.27. The van der Waals surface area contributed by atoms with E-state index in [4.69, 9.17) is 9.47 Å². The van der Waals surface area contributed by atoms with E-state index in [1.807, 2.05) is 6.92 Å². The normalized spacial score (nSPS) is 29.6. The lowest BCUT2D eigenvalue weighted by molar-refractivity contribution is -0.144. The average molecular weight is 402 g/mol. The number of nitrogens with one attached hydrogen (secondary N) is 2. The summed E-state index contributed by atoms with van der Waals surface area (Å²) in [6.07, 6.45) is 8.36. The number of amides is 1. The largest absolute Gasteiger partial charge is 0.481 e. The van der Waals surface area contributed by atoms with Gasteiger partial charge in [0.2, 0.25) is 5.88 Å². The van der Waals surface area contributed by atoms with E-state index in [9.17, 15) is 9.59 Å². The van der Waals surface area contributed by atoms with Crippen LogP contribution in [-0.4, -0.2) is 42.7 Å². The van der Waals surface area contributed by atoms with Gasteiger partial charge in [-0.3, -0.25) is 9.59 Å². The number of rotatable bonds is 2. The molecule has 158 valence electrons. The number of anilines is 1. The van der Waals surface area contributed by atoms with Crippen LogP contribution in [0.1, 0.15) is 56.3 Å². The molecule has 7 nitrogen and oxygen atoms in total. The van der Waals surface area contributed by atoms with Crippen molar-refractivity contribution in [2.75, 3.05) is 19.0 Å². The first kappa shape index (κ1) is 21.1. The standard InChI is InChI=1S/C22H31N3O4/c1-14-8-6-4-5-7-9-23-19-12-16(13-20(25-19)28-3)21(26)24-17(10-14)18-11-15(2)22(27)29-18/h4-5,12-15,17-18H,6-11H2,1-3H3,(H,23,25)(H,24,26)/b5-4-. The molecule has 7 heteroatoms. The Hall–Kier alpha value is -2.57. The van der Waals surface area contributed by atoms with Gasteiger partial charge in [-0.05, 0) is 44.1 Å². The second-order valence-corrected chi connectivity index (χ2v) is 8.08. The molecule has 1 amide bonds. The lowest BCUT2D eigenvalue weighted by Crippen LogP contribution is -2.44. The molecule has 2 N–H and O–H groups in total. The molecule has 4 unspecified atom stereocenters. The molecule has 1 fully saturated rings. The Morgan fingerprint density at radius 2 is 1.93 bits per heavy atom. The van der Waals surface area contributed by atoms with Crippen LogP contribution < -0.4 is 15.4 Å². The molecule has 0 aromatic carbocycles. The molecule has 2 aliphatic heterocycles. The molecular formula is C22H31N3O4. The van der Waals surface area contributed by atoms with Crippen LogP contribution >= 0.6 is 0 Å². The van der Waals surface area contributed by atoms with Gasteiger partial charge in [0.15, 0.2) is 0 Å². The number of pyridine rings is 1. The Balaban J connectivity index is 1.86. The number of nitrogens with zero attached hydrogens (tertiary/aromatic N) is 1. The van der Waals surface area contributed by atoms with E-state index in [-0.39, 0.29) is 29.9 Å². The summed E-state index contributed by atoms with van der Waals surface area (Å²) in [6.45, 7) is 4.78. The predicted octanol–water partition coefficient (Wildman–Crippen LogP) is 3.32. The minimum atomic E-state index is -0.295. The van der Waals surface area contributed by atoms with Crippen molar-refractivity contribution in [2.45, 2.75) is 58.1 Å². The fourth-order valence-electron chi connectivity index (χ4n) is 3.84. The molecule has 0 aliphatic carbocycles. The third kappa shape index (κ3) is 5.71. The number of allylic oxidation sites excluding steroid dienone is 1. The monoisotopic (exact) mass is 401 g/mol. The van der Waals surface area contributed by atoms with Crippen molar-refractivity contribution in [3.8, 4) is 5.88 Å². The first-order chi connectivity index (χ1) is 14.0. The van der Waals surface area contributed by atoms with E-state index in [1.54, 1.807) is 12.1 Å². The molecular weight excluding hydrogens is 370 g/mol. The molecule has 2 aliphatic rings. The van der Waals surface area contributed by atoms with Crippen molar-refractivity contribution >= 4 is 17.7 Å². The summed E-state index contributed by atoms with van der Waals surface area (Å²) >= 11 is 0. The molecule has 1 saturated heterocycles. The summed E-state index contributed by atoms with van der Waals surface area (Å²) in [7, 11) is 1.53. The maximum absolute atomic E-state index is 13.0. The maximum Gasteiger partial charge on any atom is 0.309 e. The summed E-state index contributed by atoms with van der Waals surface area (Å²) in [4.78, 5) is 29.4. The second-order valence-electron chi connectivity index (χ2n) is 8.08. The Labute approximate surface area is 172 Å². The fraction of sp³-hybridized carbons (Fsp3) is 0.591. The van der Waals surface area contributed by atoms with Gasteiger partial charge in [0.05, 0.1) is 19.1 Å². The molecule has 1 aromatic rings. The molecule has 3 rings (SSSR count). The van der Waals surface area contributed by atoms with Gasteiger partial charge < -0.3 is 20.1 Å². The first-order valence-corrected chi connectivity index (χ1v) is 10.4. The van der Waals surface area contributed by atoms with Crippen LogP contribution in [0.2, 0.25) is 0 Å². The third-order valence-corrected chi connectivity index (χ3v) is 5.56. The number of cyclic esters (lactones) is 1. The summed E-state index contributed by atoms with van der Waals surface area (Å²) in [6, 6.07) is 3.13. The van der Waals surface area contributed by atoms with Crippen molar-refractivity contribution in [2.24, 2.45) is 11.8 Å². The smallest absolute Gasteiger partial charge is 0.309 e. The fourth-order valence-corrected chi connectivity index (χ4v) is 3.84. The van der Waals surface area contributed by atoms with Crippen molar-refractivity contribution in [1.82, 2.24) is 10.3 Å². The quantitative estimate of drug-likeness (QED) is 0.584. The minimum Gasteiger partial charge on any atom is -0.481 e. The van der Waals surface area contributed by atoms with Gasteiger partial charge in [-0.25, -0.2) is 0 Å². The number of ether oxygens (including phenoxy) is 2. The minimum absolute atomic E-state index is 0.136. The van der Waals surface area contributed by atoms with E-state index >= 15 is 0 Å². The Morgan fingerprint density at radius 3 is 2.66 bits per heavy atom. The van der Waals surface area contributed by atoms with E-state index in [1.165, 1.54) is 7.11 Å². The summed E-state index contributed by atoms with van der Waals surface area (Å²) in [5, 5.41) is 6.36. The average Bonchev–Trinajstić information content (AvgIpc) is 3.04. The lowest BCUT2D eigenvalue weighted by Gasteiger charge is -2.26. The molecule has 0 spiro atoms. The highest BCUT2D eigenvalue weighted by atomic mass is 16.6. The number of hydrogen-bond donors (Lipinski definition) is 2. The maximum atomic E-state index is 13.0. The number of carbonyl (C=O) groups excluding carboxylic acids is 2. The summed E-state index contributed by atoms with van der Waals surface area (Å²) < 4.78 is 10.8. The number of carbonyl (C=O) groups is 2. The van der Waals surface area contributed by atoms with Crippen LogP contribution in [0.25, 0.3) is 0 Å². The van der Waals surface area contributed by atoms with Crippen LogP contribution in [-0.2, 0) is 9.53 Å². The Morgan fingerprint density at radius 1 is 1.14 bits per heavy atom. The van der Waals surface area contributed by atoms with E-state index in [2.05, 4.69) is 34.7 Å². The SMILES string of the molecule is COc1cc2cc(n1)NCC/C=C\CCC(C)CC(C1CC(C)C(=O)O1)NC2=O. The third-order valence-electron chi connectivity index (χ3n) is 5.56. The molecule has 2 bridgehead atoms. The Bertz CT molecular complexity index is 764. The van der Waals surface area contributed by atoms with Gasteiger partial charge in [-0.2, -0.15) is 4.98 Å². The molecule has 0 saturated carbocycles. The van der Waals surface area contributed by atoms with Crippen molar-refractivity contribution in [1.29, 1.82) is 0 Å². The van der Waals surface area contributed by atoms with E-state index < -0.39 is 0 Å². The number of aromatic nitrogens is 1. The van der Waals surface area contributed by atoms with Gasteiger partial charge in [-0.15, -0.1) is 0 Å². The van der Waals surface area contributed by atoms with Gasteiger partial charge in [-0.1, -0.05) is 26.0 Å². The predicted molar refractivity (Wildman–Crippen MR) is 111 cm³/mol. The van der Waals surface area contributed by atoms with Gasteiger partial charge in [0.25, 0.3) is 5.91 Å². The van der Waals surface area contributed by atoms with Crippen molar-refractivity contribution < 1.29 is 19.1 Å². The van der Waals surface area contributed by atoms with Crippen LogP contribution in [0.15, 0.2) is 24.3 Å². The van der Waals surface area contributed by atoms with Crippen molar-refractivity contribution in [3.63, 3.8) is 0 Å².